The average Bonchev–Trinajstić information content (AvgIpc) is 2.75. The maximum absolute atomic E-state index is 4.55. The Kier molecular flexibility index (Phi) is 4.15. The molecule has 1 aromatic heterocycles. The molecule has 2 rings (SSSR count). The lowest BCUT2D eigenvalue weighted by Crippen LogP contribution is -2.20. The van der Waals surface area contributed by atoms with E-state index in [1.807, 2.05) is 7.05 Å². The average molecular weight is 260 g/mol. The minimum Gasteiger partial charge on any atom is -0.313 e. The Morgan fingerprint density at radius 3 is 2.67 bits per heavy atom. The van der Waals surface area contributed by atoms with Crippen LogP contribution in [0.5, 0.6) is 0 Å². The second-order valence-corrected chi connectivity index (χ2v) is 5.83. The molecule has 2 nitrogen and oxygen atoms in total. The van der Waals surface area contributed by atoms with Crippen LogP contribution in [0.25, 0.3) is 0 Å². The highest BCUT2D eigenvalue weighted by Gasteiger charge is 2.14. The summed E-state index contributed by atoms with van der Waals surface area (Å²) in [6.07, 6.45) is 0.950. The van der Waals surface area contributed by atoms with Crippen LogP contribution in [0.1, 0.15) is 33.4 Å². The van der Waals surface area contributed by atoms with Gasteiger partial charge in [-0.1, -0.05) is 23.8 Å². The standard InChI is InChI=1S/C15H20N2S/c1-10-5-6-11(2)14(7-10)15(16-4)8-13-9-18-12(3)17-13/h5-7,9,15-16H,8H2,1-4H3. The van der Waals surface area contributed by atoms with E-state index in [2.05, 4.69) is 54.7 Å². The summed E-state index contributed by atoms with van der Waals surface area (Å²) in [5.41, 5.74) is 5.21. The Labute approximate surface area is 113 Å². The van der Waals surface area contributed by atoms with Crippen LogP contribution in [-0.4, -0.2) is 12.0 Å². The first-order valence-electron chi connectivity index (χ1n) is 6.25. The fourth-order valence-corrected chi connectivity index (χ4v) is 2.84. The van der Waals surface area contributed by atoms with Gasteiger partial charge < -0.3 is 5.32 Å². The molecule has 1 heterocycles. The Balaban J connectivity index is 2.25. The molecule has 0 spiro atoms. The maximum atomic E-state index is 4.55. The van der Waals surface area contributed by atoms with Crippen molar-refractivity contribution >= 4 is 11.3 Å². The molecule has 0 bridgehead atoms. The van der Waals surface area contributed by atoms with Gasteiger partial charge in [-0.15, -0.1) is 11.3 Å². The predicted octanol–water partition coefficient (Wildman–Crippen LogP) is 3.57. The molecule has 1 N–H and O–H groups in total. The molecule has 0 aliphatic carbocycles. The van der Waals surface area contributed by atoms with Crippen molar-refractivity contribution in [1.29, 1.82) is 0 Å². The second-order valence-electron chi connectivity index (χ2n) is 4.76. The van der Waals surface area contributed by atoms with Crippen molar-refractivity contribution in [3.8, 4) is 0 Å². The molecular weight excluding hydrogens is 240 g/mol. The van der Waals surface area contributed by atoms with Crippen LogP contribution in [-0.2, 0) is 6.42 Å². The van der Waals surface area contributed by atoms with Gasteiger partial charge in [0.25, 0.3) is 0 Å². The molecule has 0 aliphatic heterocycles. The van der Waals surface area contributed by atoms with Crippen LogP contribution in [0.3, 0.4) is 0 Å². The smallest absolute Gasteiger partial charge is 0.0897 e. The van der Waals surface area contributed by atoms with Crippen LogP contribution in [0.15, 0.2) is 23.6 Å². The summed E-state index contributed by atoms with van der Waals surface area (Å²) in [6.45, 7) is 6.37. The Hall–Kier alpha value is -1.19. The van der Waals surface area contributed by atoms with Gasteiger partial charge in [0.15, 0.2) is 0 Å². The molecule has 0 saturated heterocycles. The van der Waals surface area contributed by atoms with Crippen LogP contribution >= 0.6 is 11.3 Å². The number of aromatic nitrogens is 1. The maximum Gasteiger partial charge on any atom is 0.0897 e. The van der Waals surface area contributed by atoms with Gasteiger partial charge in [0.2, 0.25) is 0 Å². The zero-order chi connectivity index (χ0) is 13.1. The summed E-state index contributed by atoms with van der Waals surface area (Å²) in [6, 6.07) is 6.97. The van der Waals surface area contributed by atoms with E-state index in [1.54, 1.807) is 11.3 Å². The fraction of sp³-hybridized carbons (Fsp3) is 0.400. The van der Waals surface area contributed by atoms with E-state index in [9.17, 15) is 0 Å². The minimum absolute atomic E-state index is 0.339. The summed E-state index contributed by atoms with van der Waals surface area (Å²) in [4.78, 5) is 4.55. The van der Waals surface area contributed by atoms with Crippen molar-refractivity contribution in [2.45, 2.75) is 33.2 Å². The Morgan fingerprint density at radius 2 is 2.06 bits per heavy atom. The molecule has 0 amide bonds. The van der Waals surface area contributed by atoms with Crippen molar-refractivity contribution in [2.24, 2.45) is 0 Å². The molecule has 1 unspecified atom stereocenters. The lowest BCUT2D eigenvalue weighted by Gasteiger charge is -2.18. The van der Waals surface area contributed by atoms with Crippen molar-refractivity contribution in [1.82, 2.24) is 10.3 Å². The third-order valence-corrected chi connectivity index (χ3v) is 4.06. The monoisotopic (exact) mass is 260 g/mol. The number of hydrogen-bond acceptors (Lipinski definition) is 3. The van der Waals surface area contributed by atoms with E-state index in [0.717, 1.165) is 11.4 Å². The van der Waals surface area contributed by atoms with Gasteiger partial charge in [0.1, 0.15) is 0 Å². The summed E-state index contributed by atoms with van der Waals surface area (Å²) >= 11 is 1.72. The second kappa shape index (κ2) is 5.63. The summed E-state index contributed by atoms with van der Waals surface area (Å²) < 4.78 is 0. The van der Waals surface area contributed by atoms with Crippen molar-refractivity contribution < 1.29 is 0 Å². The van der Waals surface area contributed by atoms with E-state index in [-0.39, 0.29) is 0 Å². The molecule has 0 radical (unpaired) electrons. The van der Waals surface area contributed by atoms with Gasteiger partial charge in [0.05, 0.1) is 10.7 Å². The Bertz CT molecular complexity index is 531. The van der Waals surface area contributed by atoms with E-state index < -0.39 is 0 Å². The molecule has 1 atom stereocenters. The normalized spacial score (nSPS) is 12.7. The van der Waals surface area contributed by atoms with Crippen LogP contribution in [0.2, 0.25) is 0 Å². The highest BCUT2D eigenvalue weighted by Crippen LogP contribution is 2.23. The van der Waals surface area contributed by atoms with Crippen molar-refractivity contribution in [3.63, 3.8) is 0 Å². The zero-order valence-electron chi connectivity index (χ0n) is 11.4. The number of benzene rings is 1. The fourth-order valence-electron chi connectivity index (χ4n) is 2.21. The number of hydrogen-bond donors (Lipinski definition) is 1. The number of likely N-dealkylation sites (N-methyl/N-ethyl adjacent to an activating group) is 1. The van der Waals surface area contributed by atoms with Gasteiger partial charge in [-0.25, -0.2) is 4.98 Å². The van der Waals surface area contributed by atoms with Gasteiger partial charge in [-0.2, -0.15) is 0 Å². The van der Waals surface area contributed by atoms with Crippen LogP contribution in [0, 0.1) is 20.8 Å². The minimum atomic E-state index is 0.339. The first-order chi connectivity index (χ1) is 8.60. The van der Waals surface area contributed by atoms with E-state index >= 15 is 0 Å². The largest absolute Gasteiger partial charge is 0.313 e. The van der Waals surface area contributed by atoms with Gasteiger partial charge in [-0.3, -0.25) is 0 Å². The highest BCUT2D eigenvalue weighted by molar-refractivity contribution is 7.09. The summed E-state index contributed by atoms with van der Waals surface area (Å²) in [5.74, 6) is 0. The lowest BCUT2D eigenvalue weighted by atomic mass is 9.96. The van der Waals surface area contributed by atoms with Crippen LogP contribution in [0.4, 0.5) is 0 Å². The van der Waals surface area contributed by atoms with Crippen molar-refractivity contribution in [3.05, 3.63) is 51.0 Å². The quantitative estimate of drug-likeness (QED) is 0.909. The first-order valence-corrected chi connectivity index (χ1v) is 7.13. The lowest BCUT2D eigenvalue weighted by molar-refractivity contribution is 0.582. The van der Waals surface area contributed by atoms with Crippen LogP contribution < -0.4 is 5.32 Å². The van der Waals surface area contributed by atoms with Crippen molar-refractivity contribution in [2.75, 3.05) is 7.05 Å². The van der Waals surface area contributed by atoms with Gasteiger partial charge in [-0.05, 0) is 38.9 Å². The molecule has 0 fully saturated rings. The molecular formula is C15H20N2S. The third kappa shape index (κ3) is 2.98. The summed E-state index contributed by atoms with van der Waals surface area (Å²) in [7, 11) is 2.02. The number of thiazole rings is 1. The predicted molar refractivity (Wildman–Crippen MR) is 78.3 cm³/mol. The van der Waals surface area contributed by atoms with E-state index in [4.69, 9.17) is 0 Å². The Morgan fingerprint density at radius 1 is 1.28 bits per heavy atom. The molecule has 2 aromatic rings. The van der Waals surface area contributed by atoms with Gasteiger partial charge in [0, 0.05) is 17.8 Å². The van der Waals surface area contributed by atoms with E-state index in [0.29, 0.717) is 6.04 Å². The topological polar surface area (TPSA) is 24.9 Å². The number of nitrogens with zero attached hydrogens (tertiary/aromatic N) is 1. The first kappa shape index (κ1) is 13.2. The molecule has 18 heavy (non-hydrogen) atoms. The SMILES string of the molecule is CNC(Cc1csc(C)n1)c1cc(C)ccc1C. The molecule has 0 aliphatic rings. The molecule has 1 aromatic carbocycles. The number of aryl methyl sites for hydroxylation is 3. The number of rotatable bonds is 4. The molecule has 3 heteroatoms. The highest BCUT2D eigenvalue weighted by atomic mass is 32.1. The molecule has 96 valence electrons. The molecule has 0 saturated carbocycles. The number of nitrogens with one attached hydrogen (secondary N) is 1. The van der Waals surface area contributed by atoms with E-state index in [1.165, 1.54) is 22.4 Å². The third-order valence-electron chi connectivity index (χ3n) is 3.24. The summed E-state index contributed by atoms with van der Waals surface area (Å²) in [5, 5.41) is 6.71. The van der Waals surface area contributed by atoms with Gasteiger partial charge >= 0.3 is 0 Å². The zero-order valence-corrected chi connectivity index (χ0v) is 12.3.